The number of aromatic nitrogens is 4. The van der Waals surface area contributed by atoms with Crippen molar-refractivity contribution in [3.05, 3.63) is 29.8 Å². The zero-order chi connectivity index (χ0) is 13.7. The molecular formula is C13H21ClFN5. The van der Waals surface area contributed by atoms with E-state index < -0.39 is 6.67 Å². The smallest absolute Gasteiger partial charge is 0.109 e. The molecule has 0 aromatic carbocycles. The van der Waals surface area contributed by atoms with Crippen LogP contribution in [-0.2, 0) is 19.6 Å². The summed E-state index contributed by atoms with van der Waals surface area (Å²) in [5, 5.41) is 11.8. The molecule has 0 fully saturated rings. The van der Waals surface area contributed by atoms with Gasteiger partial charge in [0.05, 0.1) is 24.1 Å². The van der Waals surface area contributed by atoms with Gasteiger partial charge in [-0.05, 0) is 13.3 Å². The maximum Gasteiger partial charge on any atom is 0.109 e. The number of alkyl halides is 1. The zero-order valence-corrected chi connectivity index (χ0v) is 12.7. The fraction of sp³-hybridized carbons (Fsp3) is 0.538. The van der Waals surface area contributed by atoms with Crippen LogP contribution in [0.15, 0.2) is 18.6 Å². The van der Waals surface area contributed by atoms with E-state index in [4.69, 9.17) is 0 Å². The monoisotopic (exact) mass is 301 g/mol. The van der Waals surface area contributed by atoms with E-state index in [0.29, 0.717) is 13.1 Å². The molecule has 0 aliphatic rings. The Kier molecular flexibility index (Phi) is 6.51. The Morgan fingerprint density at radius 2 is 2.05 bits per heavy atom. The van der Waals surface area contributed by atoms with Crippen molar-refractivity contribution >= 4 is 18.1 Å². The van der Waals surface area contributed by atoms with Gasteiger partial charge >= 0.3 is 0 Å². The molecule has 0 spiro atoms. The lowest BCUT2D eigenvalue weighted by atomic mass is 10.2. The van der Waals surface area contributed by atoms with Crippen molar-refractivity contribution in [2.45, 2.75) is 39.9 Å². The molecule has 0 unspecified atom stereocenters. The molecule has 1 N–H and O–H groups in total. The van der Waals surface area contributed by atoms with Crippen LogP contribution in [-0.4, -0.2) is 26.2 Å². The van der Waals surface area contributed by atoms with Gasteiger partial charge in [-0.1, -0.05) is 6.92 Å². The lowest BCUT2D eigenvalue weighted by Crippen LogP contribution is -2.00. The van der Waals surface area contributed by atoms with Crippen LogP contribution in [0.4, 0.5) is 10.1 Å². The Bertz CT molecular complexity index is 523. The van der Waals surface area contributed by atoms with E-state index in [1.807, 2.05) is 17.8 Å². The molecule has 0 bridgehead atoms. The van der Waals surface area contributed by atoms with E-state index in [1.54, 1.807) is 10.9 Å². The van der Waals surface area contributed by atoms with E-state index >= 15 is 0 Å². The average Bonchev–Trinajstić information content (AvgIpc) is 2.95. The van der Waals surface area contributed by atoms with Crippen LogP contribution >= 0.6 is 12.4 Å². The molecule has 2 rings (SSSR count). The molecule has 0 amide bonds. The van der Waals surface area contributed by atoms with Crippen molar-refractivity contribution in [2.75, 3.05) is 12.0 Å². The van der Waals surface area contributed by atoms with Crippen molar-refractivity contribution in [1.82, 2.24) is 19.6 Å². The summed E-state index contributed by atoms with van der Waals surface area (Å²) in [7, 11) is 0. The molecule has 112 valence electrons. The first-order chi connectivity index (χ1) is 9.22. The summed E-state index contributed by atoms with van der Waals surface area (Å²) >= 11 is 0. The number of aryl methyl sites for hydroxylation is 3. The Morgan fingerprint density at radius 3 is 2.75 bits per heavy atom. The SMILES string of the molecule is CCCn1cc(CNc2cnn(CCF)c2)c(C)n1.Cl. The number of nitrogens with zero attached hydrogens (tertiary/aromatic N) is 4. The van der Waals surface area contributed by atoms with Crippen molar-refractivity contribution in [3.63, 3.8) is 0 Å². The maximum absolute atomic E-state index is 12.2. The van der Waals surface area contributed by atoms with E-state index in [-0.39, 0.29) is 12.4 Å². The molecule has 2 aromatic heterocycles. The van der Waals surface area contributed by atoms with Crippen LogP contribution in [0.1, 0.15) is 24.6 Å². The molecular weight excluding hydrogens is 281 g/mol. The summed E-state index contributed by atoms with van der Waals surface area (Å²) < 4.78 is 15.7. The van der Waals surface area contributed by atoms with Crippen LogP contribution in [0.2, 0.25) is 0 Å². The van der Waals surface area contributed by atoms with Gasteiger partial charge in [0, 0.05) is 31.0 Å². The number of hydrogen-bond donors (Lipinski definition) is 1. The van der Waals surface area contributed by atoms with Crippen molar-refractivity contribution in [2.24, 2.45) is 0 Å². The predicted octanol–water partition coefficient (Wildman–Crippen LogP) is 2.80. The van der Waals surface area contributed by atoms with Gasteiger partial charge in [0.1, 0.15) is 6.67 Å². The van der Waals surface area contributed by atoms with Gasteiger partial charge in [-0.25, -0.2) is 4.39 Å². The summed E-state index contributed by atoms with van der Waals surface area (Å²) in [6.45, 7) is 5.69. The molecule has 0 radical (unpaired) electrons. The second-order valence-corrected chi connectivity index (χ2v) is 4.54. The maximum atomic E-state index is 12.2. The molecule has 5 nitrogen and oxygen atoms in total. The fourth-order valence-corrected chi connectivity index (χ4v) is 1.94. The third kappa shape index (κ3) is 4.23. The van der Waals surface area contributed by atoms with E-state index in [0.717, 1.165) is 24.3 Å². The highest BCUT2D eigenvalue weighted by Crippen LogP contribution is 2.11. The lowest BCUT2D eigenvalue weighted by molar-refractivity contribution is 0.427. The molecule has 0 saturated carbocycles. The largest absolute Gasteiger partial charge is 0.378 e. The third-order valence-electron chi connectivity index (χ3n) is 2.93. The van der Waals surface area contributed by atoms with Crippen molar-refractivity contribution in [1.29, 1.82) is 0 Å². The van der Waals surface area contributed by atoms with Gasteiger partial charge in [-0.15, -0.1) is 12.4 Å². The van der Waals surface area contributed by atoms with Gasteiger partial charge < -0.3 is 5.32 Å². The number of anilines is 1. The van der Waals surface area contributed by atoms with E-state index in [2.05, 4.69) is 28.6 Å². The Morgan fingerprint density at radius 1 is 1.25 bits per heavy atom. The standard InChI is InChI=1S/C13H20FN5.ClH/c1-3-5-19-9-12(11(2)17-19)7-15-13-8-16-18(10-13)6-4-14;/h8-10,15H,3-7H2,1-2H3;1H. The number of rotatable bonds is 7. The van der Waals surface area contributed by atoms with Gasteiger partial charge in [0.25, 0.3) is 0 Å². The van der Waals surface area contributed by atoms with Gasteiger partial charge in [-0.3, -0.25) is 9.36 Å². The summed E-state index contributed by atoms with van der Waals surface area (Å²) in [4.78, 5) is 0. The van der Waals surface area contributed by atoms with Gasteiger partial charge in [0.15, 0.2) is 0 Å². The molecule has 0 saturated heterocycles. The van der Waals surface area contributed by atoms with Crippen LogP contribution in [0, 0.1) is 6.92 Å². The van der Waals surface area contributed by atoms with Gasteiger partial charge in [-0.2, -0.15) is 10.2 Å². The number of nitrogens with one attached hydrogen (secondary N) is 1. The number of halogens is 2. The summed E-state index contributed by atoms with van der Waals surface area (Å²) in [5.74, 6) is 0. The van der Waals surface area contributed by atoms with Crippen LogP contribution in [0.25, 0.3) is 0 Å². The molecule has 0 aliphatic heterocycles. The fourth-order valence-electron chi connectivity index (χ4n) is 1.94. The lowest BCUT2D eigenvalue weighted by Gasteiger charge is -2.01. The van der Waals surface area contributed by atoms with E-state index in [9.17, 15) is 4.39 Å². The molecule has 2 aromatic rings. The average molecular weight is 302 g/mol. The normalized spacial score (nSPS) is 10.3. The first kappa shape index (κ1) is 16.5. The molecule has 20 heavy (non-hydrogen) atoms. The Hall–Kier alpha value is -1.56. The van der Waals surface area contributed by atoms with Crippen molar-refractivity contribution in [3.8, 4) is 0 Å². The molecule has 0 aliphatic carbocycles. The minimum absolute atomic E-state index is 0. The predicted molar refractivity (Wildman–Crippen MR) is 80.0 cm³/mol. The van der Waals surface area contributed by atoms with Crippen LogP contribution < -0.4 is 5.32 Å². The minimum atomic E-state index is -0.399. The number of hydrogen-bond acceptors (Lipinski definition) is 3. The Labute approximate surface area is 124 Å². The van der Waals surface area contributed by atoms with Crippen LogP contribution in [0.3, 0.4) is 0 Å². The summed E-state index contributed by atoms with van der Waals surface area (Å²) in [5.41, 5.74) is 3.11. The highest BCUT2D eigenvalue weighted by molar-refractivity contribution is 5.85. The summed E-state index contributed by atoms with van der Waals surface area (Å²) in [6.07, 6.45) is 6.66. The molecule has 7 heteroatoms. The minimum Gasteiger partial charge on any atom is -0.378 e. The topological polar surface area (TPSA) is 47.7 Å². The van der Waals surface area contributed by atoms with Gasteiger partial charge in [0.2, 0.25) is 0 Å². The zero-order valence-electron chi connectivity index (χ0n) is 11.8. The molecule has 0 atom stereocenters. The first-order valence-corrected chi connectivity index (χ1v) is 6.58. The quantitative estimate of drug-likeness (QED) is 0.855. The summed E-state index contributed by atoms with van der Waals surface area (Å²) in [6, 6.07) is 0. The molecule has 2 heterocycles. The first-order valence-electron chi connectivity index (χ1n) is 6.58. The van der Waals surface area contributed by atoms with E-state index in [1.165, 1.54) is 5.56 Å². The van der Waals surface area contributed by atoms with Crippen molar-refractivity contribution < 1.29 is 4.39 Å². The Balaban J connectivity index is 0.00000200. The van der Waals surface area contributed by atoms with Crippen LogP contribution in [0.5, 0.6) is 0 Å². The highest BCUT2D eigenvalue weighted by atomic mass is 35.5. The highest BCUT2D eigenvalue weighted by Gasteiger charge is 2.05. The second-order valence-electron chi connectivity index (χ2n) is 4.54. The second kappa shape index (κ2) is 7.89. The third-order valence-corrected chi connectivity index (χ3v) is 2.93.